The molecule has 0 bridgehead atoms. The van der Waals surface area contributed by atoms with E-state index < -0.39 is 0 Å². The maximum atomic E-state index is 12.8. The molecule has 0 unspecified atom stereocenters. The third kappa shape index (κ3) is 6.04. The van der Waals surface area contributed by atoms with E-state index in [1.165, 1.54) is 12.1 Å². The zero-order valence-corrected chi connectivity index (χ0v) is 12.5. The van der Waals surface area contributed by atoms with Crippen LogP contribution in [-0.2, 0) is 6.54 Å². The summed E-state index contributed by atoms with van der Waals surface area (Å²) in [4.78, 5) is 14.0. The van der Waals surface area contributed by atoms with Gasteiger partial charge in [0.1, 0.15) is 5.82 Å². The minimum Gasteiger partial charge on any atom is -0.334 e. The van der Waals surface area contributed by atoms with Crippen LogP contribution in [0.2, 0.25) is 0 Å². The molecule has 0 heterocycles. The number of nitrogens with one attached hydrogen (secondary N) is 1. The molecule has 1 aromatic rings. The van der Waals surface area contributed by atoms with Crippen molar-refractivity contribution in [2.75, 3.05) is 13.1 Å². The third-order valence-corrected chi connectivity index (χ3v) is 3.21. The van der Waals surface area contributed by atoms with Crippen molar-refractivity contribution in [3.05, 3.63) is 35.6 Å². The first-order valence-corrected chi connectivity index (χ1v) is 7.44. The Morgan fingerprint density at radius 3 is 2.15 bits per heavy atom. The Kier molecular flexibility index (Phi) is 7.70. The van der Waals surface area contributed by atoms with Gasteiger partial charge >= 0.3 is 6.03 Å². The summed E-state index contributed by atoms with van der Waals surface area (Å²) in [7, 11) is 0. The fraction of sp³-hybridized carbons (Fsp3) is 0.562. The van der Waals surface area contributed by atoms with Gasteiger partial charge in [0.05, 0.1) is 0 Å². The van der Waals surface area contributed by atoms with E-state index in [-0.39, 0.29) is 11.8 Å². The molecule has 2 amide bonds. The van der Waals surface area contributed by atoms with E-state index >= 15 is 0 Å². The third-order valence-electron chi connectivity index (χ3n) is 3.21. The fourth-order valence-corrected chi connectivity index (χ4v) is 1.90. The average molecular weight is 280 g/mol. The molecule has 0 aliphatic heterocycles. The first-order chi connectivity index (χ1) is 9.67. The Hall–Kier alpha value is -1.58. The van der Waals surface area contributed by atoms with Crippen molar-refractivity contribution >= 4 is 6.03 Å². The Morgan fingerprint density at radius 2 is 1.65 bits per heavy atom. The van der Waals surface area contributed by atoms with E-state index in [2.05, 4.69) is 19.2 Å². The SMILES string of the molecule is CCCCN(CCCC)C(=O)NCc1ccc(F)cc1. The number of halogens is 1. The Bertz CT molecular complexity index is 384. The summed E-state index contributed by atoms with van der Waals surface area (Å²) < 4.78 is 12.8. The number of rotatable bonds is 8. The monoisotopic (exact) mass is 280 g/mol. The molecule has 1 rings (SSSR count). The second kappa shape index (κ2) is 9.34. The van der Waals surface area contributed by atoms with Crippen LogP contribution in [0.5, 0.6) is 0 Å². The van der Waals surface area contributed by atoms with Gasteiger partial charge in [-0.3, -0.25) is 0 Å². The van der Waals surface area contributed by atoms with Crippen LogP contribution in [0, 0.1) is 5.82 Å². The molecule has 0 saturated carbocycles. The number of benzene rings is 1. The van der Waals surface area contributed by atoms with Crippen LogP contribution in [0.1, 0.15) is 45.1 Å². The number of hydrogen-bond donors (Lipinski definition) is 1. The highest BCUT2D eigenvalue weighted by atomic mass is 19.1. The van der Waals surface area contributed by atoms with Crippen molar-refractivity contribution in [3.63, 3.8) is 0 Å². The largest absolute Gasteiger partial charge is 0.334 e. The molecule has 0 spiro atoms. The van der Waals surface area contributed by atoms with Crippen LogP contribution >= 0.6 is 0 Å². The number of carbonyl (C=O) groups excluding carboxylic acids is 1. The average Bonchev–Trinajstić information content (AvgIpc) is 2.46. The van der Waals surface area contributed by atoms with Crippen molar-refractivity contribution in [2.24, 2.45) is 0 Å². The van der Waals surface area contributed by atoms with Gasteiger partial charge in [-0.25, -0.2) is 9.18 Å². The molecule has 0 aromatic heterocycles. The van der Waals surface area contributed by atoms with Gasteiger partial charge in [0.25, 0.3) is 0 Å². The molecule has 1 N–H and O–H groups in total. The molecule has 1 aromatic carbocycles. The van der Waals surface area contributed by atoms with E-state index in [1.807, 2.05) is 4.90 Å². The summed E-state index contributed by atoms with van der Waals surface area (Å²) >= 11 is 0. The van der Waals surface area contributed by atoms with Gasteiger partial charge in [0, 0.05) is 19.6 Å². The molecular weight excluding hydrogens is 255 g/mol. The molecule has 0 atom stereocenters. The van der Waals surface area contributed by atoms with Gasteiger partial charge in [0.2, 0.25) is 0 Å². The van der Waals surface area contributed by atoms with Gasteiger partial charge in [-0.2, -0.15) is 0 Å². The van der Waals surface area contributed by atoms with Crippen molar-refractivity contribution in [3.8, 4) is 0 Å². The number of amides is 2. The summed E-state index contributed by atoms with van der Waals surface area (Å²) in [6.07, 6.45) is 4.20. The summed E-state index contributed by atoms with van der Waals surface area (Å²) in [6, 6.07) is 6.17. The lowest BCUT2D eigenvalue weighted by Gasteiger charge is -2.22. The van der Waals surface area contributed by atoms with Gasteiger partial charge < -0.3 is 10.2 Å². The van der Waals surface area contributed by atoms with Crippen molar-refractivity contribution in [1.82, 2.24) is 10.2 Å². The standard InChI is InChI=1S/C16H25FN2O/c1-3-5-11-19(12-6-4-2)16(20)18-13-14-7-9-15(17)10-8-14/h7-10H,3-6,11-13H2,1-2H3,(H,18,20). The molecule has 0 radical (unpaired) electrons. The second-order valence-corrected chi connectivity index (χ2v) is 4.98. The van der Waals surface area contributed by atoms with E-state index in [9.17, 15) is 9.18 Å². The minimum atomic E-state index is -0.257. The van der Waals surface area contributed by atoms with Crippen LogP contribution in [0.15, 0.2) is 24.3 Å². The predicted molar refractivity (Wildman–Crippen MR) is 80.0 cm³/mol. The lowest BCUT2D eigenvalue weighted by molar-refractivity contribution is 0.195. The molecule has 4 heteroatoms. The maximum Gasteiger partial charge on any atom is 0.317 e. The topological polar surface area (TPSA) is 32.3 Å². The molecule has 0 aliphatic carbocycles. The normalized spacial score (nSPS) is 10.3. The predicted octanol–water partition coefficient (Wildman–Crippen LogP) is 3.94. The van der Waals surface area contributed by atoms with Crippen molar-refractivity contribution in [2.45, 2.75) is 46.1 Å². The molecule has 3 nitrogen and oxygen atoms in total. The van der Waals surface area contributed by atoms with E-state index in [0.29, 0.717) is 6.54 Å². The molecule has 20 heavy (non-hydrogen) atoms. The molecule has 0 aliphatic rings. The Morgan fingerprint density at radius 1 is 1.10 bits per heavy atom. The maximum absolute atomic E-state index is 12.8. The number of urea groups is 1. The zero-order valence-electron chi connectivity index (χ0n) is 12.5. The Labute approximate surface area is 121 Å². The summed E-state index contributed by atoms with van der Waals surface area (Å²) in [5.74, 6) is -0.257. The van der Waals surface area contributed by atoms with E-state index in [1.54, 1.807) is 12.1 Å². The lowest BCUT2D eigenvalue weighted by Crippen LogP contribution is -2.40. The van der Waals surface area contributed by atoms with Crippen LogP contribution in [0.3, 0.4) is 0 Å². The number of carbonyl (C=O) groups is 1. The fourth-order valence-electron chi connectivity index (χ4n) is 1.90. The van der Waals surface area contributed by atoms with Crippen LogP contribution in [0.25, 0.3) is 0 Å². The number of hydrogen-bond acceptors (Lipinski definition) is 1. The van der Waals surface area contributed by atoms with E-state index in [4.69, 9.17) is 0 Å². The van der Waals surface area contributed by atoms with Crippen LogP contribution < -0.4 is 5.32 Å². The molecule has 112 valence electrons. The minimum absolute atomic E-state index is 0.0313. The highest BCUT2D eigenvalue weighted by molar-refractivity contribution is 5.74. The number of nitrogens with zero attached hydrogens (tertiary/aromatic N) is 1. The van der Waals surface area contributed by atoms with Crippen LogP contribution in [0.4, 0.5) is 9.18 Å². The summed E-state index contributed by atoms with van der Waals surface area (Å²) in [5, 5.41) is 2.90. The van der Waals surface area contributed by atoms with Gasteiger partial charge in [-0.15, -0.1) is 0 Å². The quantitative estimate of drug-likeness (QED) is 0.768. The Balaban J connectivity index is 2.45. The molecular formula is C16H25FN2O. The van der Waals surface area contributed by atoms with Crippen molar-refractivity contribution < 1.29 is 9.18 Å². The highest BCUT2D eigenvalue weighted by Crippen LogP contribution is 2.04. The van der Waals surface area contributed by atoms with Crippen LogP contribution in [-0.4, -0.2) is 24.0 Å². The smallest absolute Gasteiger partial charge is 0.317 e. The molecule has 0 fully saturated rings. The first kappa shape index (κ1) is 16.5. The van der Waals surface area contributed by atoms with Gasteiger partial charge in [0.15, 0.2) is 0 Å². The van der Waals surface area contributed by atoms with Gasteiger partial charge in [-0.05, 0) is 30.5 Å². The summed E-state index contributed by atoms with van der Waals surface area (Å²) in [6.45, 7) is 6.27. The molecule has 0 saturated heterocycles. The van der Waals surface area contributed by atoms with Gasteiger partial charge in [-0.1, -0.05) is 38.8 Å². The highest BCUT2D eigenvalue weighted by Gasteiger charge is 2.11. The van der Waals surface area contributed by atoms with Crippen molar-refractivity contribution in [1.29, 1.82) is 0 Å². The first-order valence-electron chi connectivity index (χ1n) is 7.44. The summed E-state index contributed by atoms with van der Waals surface area (Å²) in [5.41, 5.74) is 0.908. The second-order valence-electron chi connectivity index (χ2n) is 4.98. The number of unbranched alkanes of at least 4 members (excludes halogenated alkanes) is 2. The lowest BCUT2D eigenvalue weighted by atomic mass is 10.2. The van der Waals surface area contributed by atoms with E-state index in [0.717, 1.165) is 44.3 Å². The zero-order chi connectivity index (χ0) is 14.8.